The molecule has 1 aliphatic heterocycles. The Balaban J connectivity index is 1.37. The van der Waals surface area contributed by atoms with Gasteiger partial charge in [-0.2, -0.15) is 0 Å². The molecular weight excluding hydrogens is 444 g/mol. The molecule has 0 bridgehead atoms. The molecule has 2 atom stereocenters. The molecule has 182 valence electrons. The van der Waals surface area contributed by atoms with E-state index in [1.54, 1.807) is 11.6 Å². The number of benzene rings is 2. The lowest BCUT2D eigenvalue weighted by molar-refractivity contribution is -0.137. The Kier molecular flexibility index (Phi) is 6.94. The van der Waals surface area contributed by atoms with Crippen LogP contribution in [0, 0.1) is 0 Å². The van der Waals surface area contributed by atoms with E-state index in [0.29, 0.717) is 32.7 Å². The number of aryl methyl sites for hydroxylation is 1. The zero-order valence-electron chi connectivity index (χ0n) is 19.5. The highest BCUT2D eigenvalue weighted by atomic mass is 16.5. The summed E-state index contributed by atoms with van der Waals surface area (Å²) in [6.07, 6.45) is 7.38. The van der Waals surface area contributed by atoms with E-state index in [-0.39, 0.29) is 18.0 Å². The molecule has 1 aromatic heterocycles. The first-order chi connectivity index (χ1) is 17.1. The maximum Gasteiger partial charge on any atom is 0.267 e. The van der Waals surface area contributed by atoms with Crippen molar-refractivity contribution in [3.8, 4) is 0 Å². The van der Waals surface area contributed by atoms with Gasteiger partial charge in [0.2, 0.25) is 5.91 Å². The van der Waals surface area contributed by atoms with Gasteiger partial charge >= 0.3 is 0 Å². The molecular formula is C27H30N4O4. The summed E-state index contributed by atoms with van der Waals surface area (Å²) in [4.78, 5) is 30.2. The van der Waals surface area contributed by atoms with Gasteiger partial charge in [-0.05, 0) is 53.7 Å². The van der Waals surface area contributed by atoms with E-state index in [1.807, 2.05) is 29.3 Å². The van der Waals surface area contributed by atoms with Crippen LogP contribution in [0.15, 0.2) is 54.7 Å². The van der Waals surface area contributed by atoms with Crippen LogP contribution in [0.5, 0.6) is 0 Å². The van der Waals surface area contributed by atoms with Crippen LogP contribution in [0.2, 0.25) is 0 Å². The van der Waals surface area contributed by atoms with Gasteiger partial charge in [-0.1, -0.05) is 36.4 Å². The Morgan fingerprint density at radius 3 is 2.86 bits per heavy atom. The van der Waals surface area contributed by atoms with Crippen LogP contribution in [0.25, 0.3) is 17.0 Å². The zero-order valence-corrected chi connectivity index (χ0v) is 19.5. The molecule has 8 heteroatoms. The van der Waals surface area contributed by atoms with Crippen LogP contribution in [-0.2, 0) is 27.2 Å². The fraction of sp³-hybridized carbons (Fsp3) is 0.333. The summed E-state index contributed by atoms with van der Waals surface area (Å²) in [5.41, 5.74) is 7.09. The summed E-state index contributed by atoms with van der Waals surface area (Å²) in [7, 11) is 0. The van der Waals surface area contributed by atoms with Crippen molar-refractivity contribution < 1.29 is 19.5 Å². The highest BCUT2D eigenvalue weighted by molar-refractivity contribution is 5.91. The third-order valence-electron chi connectivity index (χ3n) is 6.90. The number of fused-ring (bicyclic) bond motifs is 2. The lowest BCUT2D eigenvalue weighted by Gasteiger charge is -2.32. The van der Waals surface area contributed by atoms with Crippen molar-refractivity contribution in [1.29, 1.82) is 0 Å². The number of aromatic amines is 1. The van der Waals surface area contributed by atoms with Gasteiger partial charge in [-0.3, -0.25) is 20.1 Å². The van der Waals surface area contributed by atoms with Crippen LogP contribution in [0.1, 0.15) is 34.7 Å². The van der Waals surface area contributed by atoms with Gasteiger partial charge in [-0.15, -0.1) is 0 Å². The SMILES string of the molecule is O=C(C=Cc1ccc2c(c1)CCC2NC(Cc1c[nH]c2ccccc12)C(=O)N1CCOCC1)NO. The zero-order chi connectivity index (χ0) is 24.2. The lowest BCUT2D eigenvalue weighted by Crippen LogP contribution is -2.51. The molecule has 2 aromatic carbocycles. The molecule has 0 saturated carbocycles. The number of morpholine rings is 1. The Morgan fingerprint density at radius 2 is 2.03 bits per heavy atom. The number of amides is 2. The topological polar surface area (TPSA) is 107 Å². The number of hydrogen-bond acceptors (Lipinski definition) is 5. The van der Waals surface area contributed by atoms with Crippen molar-refractivity contribution in [3.63, 3.8) is 0 Å². The molecule has 0 spiro atoms. The number of H-pyrrole nitrogens is 1. The number of aromatic nitrogens is 1. The third-order valence-corrected chi connectivity index (χ3v) is 6.90. The van der Waals surface area contributed by atoms with Crippen molar-refractivity contribution in [1.82, 2.24) is 20.7 Å². The molecule has 2 amide bonds. The summed E-state index contributed by atoms with van der Waals surface area (Å²) in [5, 5.41) is 13.5. The third kappa shape index (κ3) is 5.14. The summed E-state index contributed by atoms with van der Waals surface area (Å²) >= 11 is 0. The van der Waals surface area contributed by atoms with Gasteiger partial charge in [0.15, 0.2) is 0 Å². The number of para-hydroxylation sites is 1. The number of rotatable bonds is 7. The first kappa shape index (κ1) is 23.3. The van der Waals surface area contributed by atoms with E-state index >= 15 is 0 Å². The lowest BCUT2D eigenvalue weighted by atomic mass is 10.0. The van der Waals surface area contributed by atoms with Gasteiger partial charge in [0.1, 0.15) is 0 Å². The number of ether oxygens (including phenoxy) is 1. The second-order valence-corrected chi connectivity index (χ2v) is 9.08. The molecule has 2 heterocycles. The van der Waals surface area contributed by atoms with E-state index in [1.165, 1.54) is 17.2 Å². The molecule has 3 aromatic rings. The van der Waals surface area contributed by atoms with Crippen molar-refractivity contribution >= 4 is 28.8 Å². The number of hydroxylamine groups is 1. The predicted molar refractivity (Wildman–Crippen MR) is 133 cm³/mol. The number of nitrogens with zero attached hydrogens (tertiary/aromatic N) is 1. The molecule has 2 unspecified atom stereocenters. The minimum absolute atomic E-state index is 0.0731. The minimum Gasteiger partial charge on any atom is -0.378 e. The molecule has 4 N–H and O–H groups in total. The number of carbonyl (C=O) groups excluding carboxylic acids is 2. The van der Waals surface area contributed by atoms with E-state index in [0.717, 1.165) is 34.9 Å². The number of hydrogen-bond donors (Lipinski definition) is 4. The maximum absolute atomic E-state index is 13.6. The van der Waals surface area contributed by atoms with E-state index in [4.69, 9.17) is 9.94 Å². The molecule has 1 aliphatic carbocycles. The Hall–Kier alpha value is -3.46. The highest BCUT2D eigenvalue weighted by Crippen LogP contribution is 2.33. The normalized spacial score (nSPS) is 18.7. The Bertz CT molecular complexity index is 1240. The quantitative estimate of drug-likeness (QED) is 0.239. The fourth-order valence-electron chi connectivity index (χ4n) is 5.11. The predicted octanol–water partition coefficient (Wildman–Crippen LogP) is 2.73. The van der Waals surface area contributed by atoms with E-state index in [2.05, 4.69) is 34.6 Å². The van der Waals surface area contributed by atoms with Gasteiger partial charge < -0.3 is 14.6 Å². The monoisotopic (exact) mass is 474 g/mol. The average molecular weight is 475 g/mol. The van der Waals surface area contributed by atoms with Crippen molar-refractivity contribution in [2.24, 2.45) is 0 Å². The largest absolute Gasteiger partial charge is 0.378 e. The molecule has 5 rings (SSSR count). The first-order valence-corrected chi connectivity index (χ1v) is 12.0. The second kappa shape index (κ2) is 10.4. The fourth-order valence-corrected chi connectivity index (χ4v) is 5.11. The van der Waals surface area contributed by atoms with Crippen LogP contribution < -0.4 is 10.8 Å². The van der Waals surface area contributed by atoms with E-state index < -0.39 is 5.91 Å². The smallest absolute Gasteiger partial charge is 0.267 e. The molecule has 35 heavy (non-hydrogen) atoms. The van der Waals surface area contributed by atoms with Crippen molar-refractivity contribution in [3.05, 3.63) is 77.0 Å². The Morgan fingerprint density at radius 1 is 1.20 bits per heavy atom. The Labute approximate surface area is 203 Å². The molecule has 0 radical (unpaired) electrons. The van der Waals surface area contributed by atoms with Gasteiger partial charge in [0, 0.05) is 42.3 Å². The van der Waals surface area contributed by atoms with Gasteiger partial charge in [0.25, 0.3) is 5.91 Å². The van der Waals surface area contributed by atoms with Crippen LogP contribution >= 0.6 is 0 Å². The summed E-state index contributed by atoms with van der Waals surface area (Å²) < 4.78 is 5.46. The standard InChI is InChI=1S/C27H30N4O4/c32-26(30-34)10-6-18-5-8-22-19(15-18)7-9-24(22)29-25(27(33)31-11-13-35-14-12-31)16-20-17-28-23-4-2-1-3-21(20)23/h1-6,8,10,15,17,24-25,28-29,34H,7,9,11-14,16H2,(H,30,32). The second-order valence-electron chi connectivity index (χ2n) is 9.08. The van der Waals surface area contributed by atoms with Gasteiger partial charge in [0.05, 0.1) is 19.3 Å². The summed E-state index contributed by atoms with van der Waals surface area (Å²) in [6.45, 7) is 2.37. The molecule has 1 saturated heterocycles. The van der Waals surface area contributed by atoms with Crippen LogP contribution in [0.4, 0.5) is 0 Å². The molecule has 8 nitrogen and oxygen atoms in total. The van der Waals surface area contributed by atoms with Crippen molar-refractivity contribution in [2.75, 3.05) is 26.3 Å². The summed E-state index contributed by atoms with van der Waals surface area (Å²) in [5.74, 6) is -0.451. The maximum atomic E-state index is 13.6. The molecule has 2 aliphatic rings. The molecule has 1 fully saturated rings. The first-order valence-electron chi connectivity index (χ1n) is 12.0. The number of carbonyl (C=O) groups is 2. The van der Waals surface area contributed by atoms with Gasteiger partial charge in [-0.25, -0.2) is 5.48 Å². The van der Waals surface area contributed by atoms with Crippen LogP contribution in [0.3, 0.4) is 0 Å². The number of nitrogens with one attached hydrogen (secondary N) is 3. The average Bonchev–Trinajstić information content (AvgIpc) is 3.50. The highest BCUT2D eigenvalue weighted by Gasteiger charge is 2.31. The van der Waals surface area contributed by atoms with E-state index in [9.17, 15) is 9.59 Å². The van der Waals surface area contributed by atoms with Crippen LogP contribution in [-0.4, -0.2) is 59.3 Å². The minimum atomic E-state index is -0.563. The summed E-state index contributed by atoms with van der Waals surface area (Å²) in [6, 6.07) is 14.0. The van der Waals surface area contributed by atoms with Crippen molar-refractivity contribution in [2.45, 2.75) is 31.3 Å².